The number of Topliss-reactive ketones (excluding diaryl/α,β-unsaturated/α-hetero) is 1. The third-order valence-electron chi connectivity index (χ3n) is 5.44. The van der Waals surface area contributed by atoms with E-state index in [1.807, 2.05) is 0 Å². The van der Waals surface area contributed by atoms with E-state index < -0.39 is 0 Å². The highest BCUT2D eigenvalue weighted by Crippen LogP contribution is 2.61. The lowest BCUT2D eigenvalue weighted by Gasteiger charge is -2.27. The van der Waals surface area contributed by atoms with Crippen molar-refractivity contribution in [3.63, 3.8) is 0 Å². The molecular formula is C19H24O. The molecule has 0 aromatic heterocycles. The first-order valence-electron chi connectivity index (χ1n) is 7.76. The first-order chi connectivity index (χ1) is 9.43. The summed E-state index contributed by atoms with van der Waals surface area (Å²) in [6.45, 7) is 8.82. The number of benzene rings is 1. The lowest BCUT2D eigenvalue weighted by atomic mass is 9.75. The van der Waals surface area contributed by atoms with E-state index in [1.54, 1.807) is 0 Å². The summed E-state index contributed by atoms with van der Waals surface area (Å²) in [4.78, 5) is 12.8. The number of carbonyl (C=O) groups is 1. The van der Waals surface area contributed by atoms with Crippen molar-refractivity contribution < 1.29 is 4.79 Å². The van der Waals surface area contributed by atoms with Gasteiger partial charge in [-0.25, -0.2) is 0 Å². The highest BCUT2D eigenvalue weighted by molar-refractivity contribution is 6.07. The number of hydrogen-bond donors (Lipinski definition) is 0. The van der Waals surface area contributed by atoms with Gasteiger partial charge in [0.15, 0.2) is 5.78 Å². The van der Waals surface area contributed by atoms with Gasteiger partial charge in [-0.3, -0.25) is 4.79 Å². The van der Waals surface area contributed by atoms with Crippen LogP contribution in [0.2, 0.25) is 0 Å². The second-order valence-electron chi connectivity index (χ2n) is 7.17. The zero-order chi connectivity index (χ0) is 14.5. The molecular weight excluding hydrogens is 244 g/mol. The summed E-state index contributed by atoms with van der Waals surface area (Å²) in [5, 5.41) is 0. The molecule has 1 aromatic carbocycles. The molecule has 1 heteroatoms. The maximum Gasteiger partial charge on any atom is 0.165 e. The van der Waals surface area contributed by atoms with E-state index in [9.17, 15) is 4.79 Å². The van der Waals surface area contributed by atoms with Gasteiger partial charge in [-0.15, -0.1) is 0 Å². The Bertz CT molecular complexity index is 564. The normalized spacial score (nSPS) is 34.5. The quantitative estimate of drug-likeness (QED) is 0.714. The summed E-state index contributed by atoms with van der Waals surface area (Å²) in [5.41, 5.74) is 3.41. The van der Waals surface area contributed by atoms with E-state index in [2.05, 4.69) is 58.0 Å². The molecule has 0 N–H and O–H groups in total. The van der Waals surface area contributed by atoms with E-state index >= 15 is 0 Å². The number of aryl methyl sites for hydroxylation is 1. The molecule has 3 atom stereocenters. The summed E-state index contributed by atoms with van der Waals surface area (Å²) in [7, 11) is 0. The van der Waals surface area contributed by atoms with Crippen LogP contribution in [0.5, 0.6) is 0 Å². The monoisotopic (exact) mass is 268 g/mol. The average molecular weight is 268 g/mol. The standard InChI is InChI=1S/C19H24O/c1-12(2)17-15-9-10-19(17,4)18(20)16(15)11-14-7-5-13(3)6-8-14/h5-8,11-12,15,17H,9-10H2,1-4H3/b16-11-. The topological polar surface area (TPSA) is 17.1 Å². The van der Waals surface area contributed by atoms with Crippen LogP contribution in [0.25, 0.3) is 6.08 Å². The fraction of sp³-hybridized carbons (Fsp3) is 0.526. The number of hydrogen-bond acceptors (Lipinski definition) is 1. The number of allylic oxidation sites excluding steroid dienone is 1. The largest absolute Gasteiger partial charge is 0.294 e. The molecule has 1 aromatic rings. The van der Waals surface area contributed by atoms with Crippen molar-refractivity contribution in [1.82, 2.24) is 0 Å². The van der Waals surface area contributed by atoms with E-state index in [4.69, 9.17) is 0 Å². The van der Waals surface area contributed by atoms with Gasteiger partial charge in [-0.2, -0.15) is 0 Å². The summed E-state index contributed by atoms with van der Waals surface area (Å²) < 4.78 is 0. The average Bonchev–Trinajstić information content (AvgIpc) is 2.84. The number of rotatable bonds is 2. The van der Waals surface area contributed by atoms with Crippen LogP contribution in [0.1, 0.15) is 44.7 Å². The van der Waals surface area contributed by atoms with Gasteiger partial charge < -0.3 is 0 Å². The molecule has 3 rings (SSSR count). The molecule has 0 radical (unpaired) electrons. The van der Waals surface area contributed by atoms with E-state index in [0.717, 1.165) is 17.6 Å². The molecule has 3 unspecified atom stereocenters. The van der Waals surface area contributed by atoms with Gasteiger partial charge in [0.05, 0.1) is 0 Å². The lowest BCUT2D eigenvalue weighted by Crippen LogP contribution is -2.29. The molecule has 2 aliphatic rings. The zero-order valence-corrected chi connectivity index (χ0v) is 12.9. The summed E-state index contributed by atoms with van der Waals surface area (Å²) in [5.74, 6) is 2.01. The van der Waals surface area contributed by atoms with E-state index in [0.29, 0.717) is 23.5 Å². The first kappa shape index (κ1) is 13.6. The summed E-state index contributed by atoms with van der Waals surface area (Å²) in [6, 6.07) is 8.47. The van der Waals surface area contributed by atoms with E-state index in [-0.39, 0.29) is 5.41 Å². The molecule has 0 amide bonds. The smallest absolute Gasteiger partial charge is 0.165 e. The second-order valence-corrected chi connectivity index (χ2v) is 7.17. The van der Waals surface area contributed by atoms with Crippen molar-refractivity contribution in [3.05, 3.63) is 41.0 Å². The molecule has 106 valence electrons. The number of carbonyl (C=O) groups excluding carboxylic acids is 1. The Morgan fingerprint density at radius 3 is 2.45 bits per heavy atom. The van der Waals surface area contributed by atoms with Gasteiger partial charge in [-0.1, -0.05) is 50.6 Å². The van der Waals surface area contributed by atoms with Crippen molar-refractivity contribution in [1.29, 1.82) is 0 Å². The number of ketones is 1. The molecule has 0 saturated heterocycles. The Morgan fingerprint density at radius 1 is 1.25 bits per heavy atom. The van der Waals surface area contributed by atoms with Crippen LogP contribution >= 0.6 is 0 Å². The van der Waals surface area contributed by atoms with Gasteiger partial charge in [-0.05, 0) is 54.7 Å². The lowest BCUT2D eigenvalue weighted by molar-refractivity contribution is -0.124. The van der Waals surface area contributed by atoms with Crippen molar-refractivity contribution in [2.24, 2.45) is 23.2 Å². The maximum atomic E-state index is 12.8. The second kappa shape index (κ2) is 4.58. The van der Waals surface area contributed by atoms with E-state index in [1.165, 1.54) is 12.0 Å². The molecule has 2 bridgehead atoms. The van der Waals surface area contributed by atoms with Gasteiger partial charge >= 0.3 is 0 Å². The number of fused-ring (bicyclic) bond motifs is 2. The van der Waals surface area contributed by atoms with Crippen LogP contribution in [0.15, 0.2) is 29.8 Å². The predicted molar refractivity (Wildman–Crippen MR) is 83.3 cm³/mol. The van der Waals surface area contributed by atoms with Gasteiger partial charge in [0.2, 0.25) is 0 Å². The third kappa shape index (κ3) is 1.87. The molecule has 0 heterocycles. The van der Waals surface area contributed by atoms with Crippen LogP contribution in [0, 0.1) is 30.1 Å². The third-order valence-corrected chi connectivity index (χ3v) is 5.44. The molecule has 1 nitrogen and oxygen atoms in total. The molecule has 0 spiro atoms. The first-order valence-corrected chi connectivity index (χ1v) is 7.76. The van der Waals surface area contributed by atoms with Crippen LogP contribution in [0.4, 0.5) is 0 Å². The van der Waals surface area contributed by atoms with Crippen LogP contribution in [-0.2, 0) is 4.79 Å². The van der Waals surface area contributed by atoms with Crippen molar-refractivity contribution in [3.8, 4) is 0 Å². The van der Waals surface area contributed by atoms with Crippen LogP contribution in [0.3, 0.4) is 0 Å². The minimum absolute atomic E-state index is 0.102. The zero-order valence-electron chi connectivity index (χ0n) is 12.9. The Balaban J connectivity index is 2.00. The Morgan fingerprint density at radius 2 is 1.90 bits per heavy atom. The SMILES string of the molecule is Cc1ccc(/C=C2\C(=O)C3(C)CCC2C3C(C)C)cc1. The Labute approximate surface area is 122 Å². The molecule has 2 fully saturated rings. The van der Waals surface area contributed by atoms with Gasteiger partial charge in [0.25, 0.3) is 0 Å². The molecule has 0 aliphatic heterocycles. The van der Waals surface area contributed by atoms with Crippen molar-refractivity contribution >= 4 is 11.9 Å². The fourth-order valence-corrected chi connectivity index (χ4v) is 4.57. The molecule has 2 aliphatic carbocycles. The maximum absolute atomic E-state index is 12.8. The summed E-state index contributed by atoms with van der Waals surface area (Å²) >= 11 is 0. The fourth-order valence-electron chi connectivity index (χ4n) is 4.57. The molecule has 2 saturated carbocycles. The van der Waals surface area contributed by atoms with Crippen LogP contribution in [-0.4, -0.2) is 5.78 Å². The summed E-state index contributed by atoms with van der Waals surface area (Å²) in [6.07, 6.45) is 4.40. The van der Waals surface area contributed by atoms with Gasteiger partial charge in [0, 0.05) is 5.41 Å². The minimum atomic E-state index is -0.102. The highest BCUT2D eigenvalue weighted by Gasteiger charge is 2.59. The minimum Gasteiger partial charge on any atom is -0.294 e. The van der Waals surface area contributed by atoms with Crippen molar-refractivity contribution in [2.75, 3.05) is 0 Å². The Kier molecular flexibility index (Phi) is 3.12. The highest BCUT2D eigenvalue weighted by atomic mass is 16.1. The predicted octanol–water partition coefficient (Wildman–Crippen LogP) is 4.65. The van der Waals surface area contributed by atoms with Crippen molar-refractivity contribution in [2.45, 2.75) is 40.5 Å². The van der Waals surface area contributed by atoms with Gasteiger partial charge in [0.1, 0.15) is 0 Å². The molecule has 20 heavy (non-hydrogen) atoms. The Hall–Kier alpha value is -1.37. The van der Waals surface area contributed by atoms with Crippen LogP contribution < -0.4 is 0 Å².